The highest BCUT2D eigenvalue weighted by Gasteiger charge is 2.30. The lowest BCUT2D eigenvalue weighted by atomic mass is 9.96. The van der Waals surface area contributed by atoms with E-state index < -0.39 is 0 Å². The normalized spacial score (nSPS) is 23.1. The van der Waals surface area contributed by atoms with Crippen molar-refractivity contribution in [3.63, 3.8) is 0 Å². The molecule has 3 rings (SSSR count). The third kappa shape index (κ3) is 4.58. The Labute approximate surface area is 145 Å². The Hall–Kier alpha value is -1.39. The van der Waals surface area contributed by atoms with E-state index in [1.807, 2.05) is 11.9 Å². The minimum absolute atomic E-state index is 0.170. The van der Waals surface area contributed by atoms with Gasteiger partial charge in [0.1, 0.15) is 0 Å². The van der Waals surface area contributed by atoms with Gasteiger partial charge in [0, 0.05) is 45.3 Å². The molecule has 24 heavy (non-hydrogen) atoms. The van der Waals surface area contributed by atoms with Crippen LogP contribution in [0.25, 0.3) is 0 Å². The number of ether oxygens (including phenoxy) is 1. The molecule has 2 heterocycles. The van der Waals surface area contributed by atoms with Crippen LogP contribution in [0.3, 0.4) is 0 Å². The van der Waals surface area contributed by atoms with Gasteiger partial charge in [0.15, 0.2) is 0 Å². The number of piperidine rings is 1. The quantitative estimate of drug-likeness (QED) is 0.832. The second-order valence-electron chi connectivity index (χ2n) is 7.17. The first-order valence-corrected chi connectivity index (χ1v) is 9.35. The average molecular weight is 330 g/mol. The summed E-state index contributed by atoms with van der Waals surface area (Å²) >= 11 is 0. The Kier molecular flexibility index (Phi) is 6.27. The van der Waals surface area contributed by atoms with E-state index >= 15 is 0 Å². The second-order valence-corrected chi connectivity index (χ2v) is 7.17. The standard InChI is InChI=1S/C20H30N2O2/c1-21(20(23)18-10-14-24-15-11-18)19-8-5-12-22(16-19)13-9-17-6-3-2-4-7-17/h2-4,6-7,18-19H,5,8-16H2,1H3. The van der Waals surface area contributed by atoms with Gasteiger partial charge in [0.05, 0.1) is 0 Å². The number of carbonyl (C=O) groups is 1. The number of likely N-dealkylation sites (N-methyl/N-ethyl adjacent to an activating group) is 1. The largest absolute Gasteiger partial charge is 0.381 e. The molecule has 1 aromatic carbocycles. The molecule has 132 valence electrons. The minimum Gasteiger partial charge on any atom is -0.381 e. The van der Waals surface area contributed by atoms with Crippen molar-refractivity contribution < 1.29 is 9.53 Å². The topological polar surface area (TPSA) is 32.8 Å². The zero-order chi connectivity index (χ0) is 16.8. The molecular weight excluding hydrogens is 300 g/mol. The summed E-state index contributed by atoms with van der Waals surface area (Å²) < 4.78 is 5.39. The number of amides is 1. The number of hydrogen-bond acceptors (Lipinski definition) is 3. The highest BCUT2D eigenvalue weighted by Crippen LogP contribution is 2.21. The summed E-state index contributed by atoms with van der Waals surface area (Å²) in [5.41, 5.74) is 1.39. The summed E-state index contributed by atoms with van der Waals surface area (Å²) in [4.78, 5) is 17.3. The number of hydrogen-bond donors (Lipinski definition) is 0. The minimum atomic E-state index is 0.170. The van der Waals surface area contributed by atoms with Gasteiger partial charge in [-0.1, -0.05) is 30.3 Å². The number of carbonyl (C=O) groups excluding carboxylic acids is 1. The van der Waals surface area contributed by atoms with Crippen molar-refractivity contribution in [1.29, 1.82) is 0 Å². The maximum absolute atomic E-state index is 12.7. The molecule has 2 aliphatic rings. The van der Waals surface area contributed by atoms with Gasteiger partial charge in [-0.15, -0.1) is 0 Å². The van der Waals surface area contributed by atoms with Crippen LogP contribution in [-0.2, 0) is 16.0 Å². The van der Waals surface area contributed by atoms with Crippen molar-refractivity contribution in [3.8, 4) is 0 Å². The zero-order valence-electron chi connectivity index (χ0n) is 14.8. The molecule has 0 aliphatic carbocycles. The van der Waals surface area contributed by atoms with E-state index in [-0.39, 0.29) is 5.92 Å². The van der Waals surface area contributed by atoms with Crippen LogP contribution >= 0.6 is 0 Å². The lowest BCUT2D eigenvalue weighted by Crippen LogP contribution is -2.50. The third-order valence-corrected chi connectivity index (χ3v) is 5.51. The van der Waals surface area contributed by atoms with E-state index in [1.54, 1.807) is 0 Å². The van der Waals surface area contributed by atoms with Gasteiger partial charge in [0.25, 0.3) is 0 Å². The first-order chi connectivity index (χ1) is 11.7. The summed E-state index contributed by atoms with van der Waals surface area (Å²) in [5, 5.41) is 0. The third-order valence-electron chi connectivity index (χ3n) is 5.51. The lowest BCUT2D eigenvalue weighted by molar-refractivity contribution is -0.140. The summed E-state index contributed by atoms with van der Waals surface area (Å²) in [7, 11) is 2.00. The lowest BCUT2D eigenvalue weighted by Gasteiger charge is -2.39. The van der Waals surface area contributed by atoms with Crippen molar-refractivity contribution >= 4 is 5.91 Å². The van der Waals surface area contributed by atoms with Crippen LogP contribution in [0.2, 0.25) is 0 Å². The van der Waals surface area contributed by atoms with Crippen molar-refractivity contribution in [1.82, 2.24) is 9.80 Å². The second kappa shape index (κ2) is 8.63. The van der Waals surface area contributed by atoms with Crippen LogP contribution in [0, 0.1) is 5.92 Å². The van der Waals surface area contributed by atoms with Gasteiger partial charge < -0.3 is 14.5 Å². The smallest absolute Gasteiger partial charge is 0.225 e. The molecular formula is C20H30N2O2. The van der Waals surface area contributed by atoms with Crippen LogP contribution < -0.4 is 0 Å². The Morgan fingerprint density at radius 1 is 1.21 bits per heavy atom. The van der Waals surface area contributed by atoms with Crippen LogP contribution in [0.4, 0.5) is 0 Å². The summed E-state index contributed by atoms with van der Waals surface area (Å²) in [6.45, 7) is 4.72. The fraction of sp³-hybridized carbons (Fsp3) is 0.650. The molecule has 0 N–H and O–H groups in total. The summed E-state index contributed by atoms with van der Waals surface area (Å²) in [5.74, 6) is 0.497. The van der Waals surface area contributed by atoms with Gasteiger partial charge in [-0.2, -0.15) is 0 Å². The van der Waals surface area contributed by atoms with Crippen molar-refractivity contribution in [3.05, 3.63) is 35.9 Å². The Bertz CT molecular complexity index is 514. The fourth-order valence-electron chi connectivity index (χ4n) is 3.89. The monoisotopic (exact) mass is 330 g/mol. The number of rotatable bonds is 5. The molecule has 0 spiro atoms. The number of benzene rings is 1. The molecule has 4 heteroatoms. The molecule has 1 aromatic rings. The van der Waals surface area contributed by atoms with Crippen LogP contribution in [-0.4, -0.2) is 61.6 Å². The maximum atomic E-state index is 12.7. The van der Waals surface area contributed by atoms with E-state index in [9.17, 15) is 4.79 Å². The molecule has 1 unspecified atom stereocenters. The molecule has 0 radical (unpaired) electrons. The van der Waals surface area contributed by atoms with Crippen LogP contribution in [0.1, 0.15) is 31.2 Å². The SMILES string of the molecule is CN(C(=O)C1CCOCC1)C1CCCN(CCc2ccccc2)C1. The number of likely N-dealkylation sites (tertiary alicyclic amines) is 1. The van der Waals surface area contributed by atoms with E-state index in [4.69, 9.17) is 4.74 Å². The number of nitrogens with zero attached hydrogens (tertiary/aromatic N) is 2. The molecule has 1 atom stereocenters. The first kappa shape index (κ1) is 17.4. The molecule has 1 amide bonds. The zero-order valence-corrected chi connectivity index (χ0v) is 14.8. The fourth-order valence-corrected chi connectivity index (χ4v) is 3.89. The van der Waals surface area contributed by atoms with Gasteiger partial charge >= 0.3 is 0 Å². The molecule has 2 saturated heterocycles. The van der Waals surface area contributed by atoms with Crippen LogP contribution in [0.15, 0.2) is 30.3 Å². The average Bonchev–Trinajstić information content (AvgIpc) is 2.67. The molecule has 2 aliphatic heterocycles. The van der Waals surface area contributed by atoms with Crippen molar-refractivity contribution in [2.24, 2.45) is 5.92 Å². The Morgan fingerprint density at radius 3 is 2.71 bits per heavy atom. The first-order valence-electron chi connectivity index (χ1n) is 9.35. The predicted molar refractivity (Wildman–Crippen MR) is 95.9 cm³/mol. The highest BCUT2D eigenvalue weighted by atomic mass is 16.5. The van der Waals surface area contributed by atoms with E-state index in [2.05, 4.69) is 35.2 Å². The van der Waals surface area contributed by atoms with Crippen molar-refractivity contribution in [2.75, 3.05) is 39.9 Å². The van der Waals surface area contributed by atoms with E-state index in [0.29, 0.717) is 11.9 Å². The Morgan fingerprint density at radius 2 is 1.96 bits per heavy atom. The molecule has 4 nitrogen and oxygen atoms in total. The Balaban J connectivity index is 1.49. The highest BCUT2D eigenvalue weighted by molar-refractivity contribution is 5.79. The van der Waals surface area contributed by atoms with Gasteiger partial charge in [-0.3, -0.25) is 4.79 Å². The summed E-state index contributed by atoms with van der Waals surface area (Å²) in [6, 6.07) is 11.0. The van der Waals surface area contributed by atoms with Crippen molar-refractivity contribution in [2.45, 2.75) is 38.1 Å². The molecule has 2 fully saturated rings. The van der Waals surface area contributed by atoms with Gasteiger partial charge in [-0.25, -0.2) is 0 Å². The van der Waals surface area contributed by atoms with Gasteiger partial charge in [0.2, 0.25) is 5.91 Å². The van der Waals surface area contributed by atoms with E-state index in [1.165, 1.54) is 12.0 Å². The van der Waals surface area contributed by atoms with E-state index in [0.717, 1.165) is 58.5 Å². The van der Waals surface area contributed by atoms with Crippen LogP contribution in [0.5, 0.6) is 0 Å². The summed E-state index contributed by atoms with van der Waals surface area (Å²) in [6.07, 6.45) is 5.17. The molecule has 0 saturated carbocycles. The molecule has 0 aromatic heterocycles. The predicted octanol–water partition coefficient (Wildman–Crippen LogP) is 2.58. The van der Waals surface area contributed by atoms with Gasteiger partial charge in [-0.05, 0) is 44.2 Å². The molecule has 0 bridgehead atoms. The maximum Gasteiger partial charge on any atom is 0.225 e.